The first-order chi connectivity index (χ1) is 12.1. The molecule has 8 heteroatoms. The zero-order valence-corrected chi connectivity index (χ0v) is 16.2. The Balaban J connectivity index is 1.41. The topological polar surface area (TPSA) is 58.4 Å². The van der Waals surface area contributed by atoms with Crippen molar-refractivity contribution >= 4 is 39.1 Å². The van der Waals surface area contributed by atoms with Crippen LogP contribution in [0.25, 0.3) is 0 Å². The molecular formula is C17H19BrN4O2S. The van der Waals surface area contributed by atoms with Gasteiger partial charge in [0.05, 0.1) is 22.3 Å². The van der Waals surface area contributed by atoms with E-state index in [9.17, 15) is 9.59 Å². The number of nitrogens with zero attached hydrogens (tertiary/aromatic N) is 4. The predicted octanol–water partition coefficient (Wildman–Crippen LogP) is 2.64. The lowest BCUT2D eigenvalue weighted by molar-refractivity contribution is 0.0537. The molecule has 0 unspecified atom stereocenters. The summed E-state index contributed by atoms with van der Waals surface area (Å²) in [5.41, 5.74) is 1.81. The maximum Gasteiger partial charge on any atom is 0.264 e. The van der Waals surface area contributed by atoms with Gasteiger partial charge in [0.2, 0.25) is 0 Å². The maximum atomic E-state index is 12.8. The van der Waals surface area contributed by atoms with Crippen molar-refractivity contribution in [1.82, 2.24) is 19.6 Å². The molecule has 4 heterocycles. The number of carbonyl (C=O) groups excluding carboxylic acids is 2. The number of carbonyl (C=O) groups is 2. The number of hydrogen-bond donors (Lipinski definition) is 0. The molecule has 0 aliphatic carbocycles. The molecule has 2 amide bonds. The van der Waals surface area contributed by atoms with E-state index in [4.69, 9.17) is 0 Å². The number of thiophene rings is 1. The average molecular weight is 423 g/mol. The first kappa shape index (κ1) is 16.8. The highest BCUT2D eigenvalue weighted by Crippen LogP contribution is 2.23. The molecular weight excluding hydrogens is 404 g/mol. The summed E-state index contributed by atoms with van der Waals surface area (Å²) in [6.07, 6.45) is 4.88. The summed E-state index contributed by atoms with van der Waals surface area (Å²) < 4.78 is 2.89. The van der Waals surface area contributed by atoms with Gasteiger partial charge in [0.15, 0.2) is 0 Å². The molecule has 0 bridgehead atoms. The molecule has 0 saturated carbocycles. The summed E-state index contributed by atoms with van der Waals surface area (Å²) in [6, 6.07) is 1.85. The first-order valence-corrected chi connectivity index (χ1v) is 10.2. The van der Waals surface area contributed by atoms with E-state index in [1.165, 1.54) is 11.3 Å². The normalized spacial score (nSPS) is 17.5. The molecule has 0 aromatic carbocycles. The smallest absolute Gasteiger partial charge is 0.264 e. The second-order valence-corrected chi connectivity index (χ2v) is 8.23. The Morgan fingerprint density at radius 3 is 2.44 bits per heavy atom. The minimum absolute atomic E-state index is 0.0470. The fourth-order valence-electron chi connectivity index (χ4n) is 3.46. The van der Waals surface area contributed by atoms with Gasteiger partial charge in [-0.15, -0.1) is 11.3 Å². The van der Waals surface area contributed by atoms with Crippen molar-refractivity contribution in [3.8, 4) is 0 Å². The summed E-state index contributed by atoms with van der Waals surface area (Å²) >= 11 is 4.83. The molecule has 2 aromatic rings. The van der Waals surface area contributed by atoms with Gasteiger partial charge in [-0.2, -0.15) is 5.10 Å². The van der Waals surface area contributed by atoms with Gasteiger partial charge < -0.3 is 9.80 Å². The second-order valence-electron chi connectivity index (χ2n) is 6.40. The summed E-state index contributed by atoms with van der Waals surface area (Å²) in [5.74, 6) is 0.0971. The molecule has 1 fully saturated rings. The van der Waals surface area contributed by atoms with Crippen LogP contribution >= 0.6 is 27.3 Å². The van der Waals surface area contributed by atoms with Crippen molar-refractivity contribution in [2.24, 2.45) is 0 Å². The van der Waals surface area contributed by atoms with Crippen molar-refractivity contribution in [2.75, 3.05) is 26.2 Å². The Bertz CT molecular complexity index is 807. The van der Waals surface area contributed by atoms with Gasteiger partial charge >= 0.3 is 0 Å². The number of amides is 2. The first-order valence-electron chi connectivity index (χ1n) is 8.51. The molecule has 1 saturated heterocycles. The lowest BCUT2D eigenvalue weighted by Gasteiger charge is -2.34. The summed E-state index contributed by atoms with van der Waals surface area (Å²) in [5, 5.41) is 6.27. The van der Waals surface area contributed by atoms with Crippen LogP contribution in [0.2, 0.25) is 0 Å². The monoisotopic (exact) mass is 422 g/mol. The molecule has 2 aromatic heterocycles. The Kier molecular flexibility index (Phi) is 4.64. The molecule has 0 radical (unpaired) electrons. The standard InChI is InChI=1S/C17H19BrN4O2S/c18-12-9-15(25-11-12)17(24)21-7-5-20(6-8-21)16(23)13-10-19-22-4-2-1-3-14(13)22/h9-11H,1-8H2. The van der Waals surface area contributed by atoms with Crippen LogP contribution in [-0.2, 0) is 13.0 Å². The number of aromatic nitrogens is 2. The maximum absolute atomic E-state index is 12.8. The van der Waals surface area contributed by atoms with Gasteiger partial charge in [0, 0.05) is 42.6 Å². The lowest BCUT2D eigenvalue weighted by atomic mass is 10.1. The fourth-order valence-corrected chi connectivity index (χ4v) is 4.86. The van der Waals surface area contributed by atoms with Crippen molar-refractivity contribution in [3.63, 3.8) is 0 Å². The molecule has 25 heavy (non-hydrogen) atoms. The van der Waals surface area contributed by atoms with E-state index in [1.54, 1.807) is 6.20 Å². The van der Waals surface area contributed by atoms with Gasteiger partial charge in [-0.1, -0.05) is 0 Å². The molecule has 6 nitrogen and oxygen atoms in total. The van der Waals surface area contributed by atoms with E-state index in [1.807, 2.05) is 25.9 Å². The SMILES string of the molecule is O=C(c1cc(Br)cs1)N1CCN(C(=O)c2cnn3c2CCCC3)CC1. The van der Waals surface area contributed by atoms with E-state index in [0.29, 0.717) is 26.2 Å². The van der Waals surface area contributed by atoms with E-state index < -0.39 is 0 Å². The van der Waals surface area contributed by atoms with Crippen LogP contribution in [0, 0.1) is 0 Å². The van der Waals surface area contributed by atoms with Gasteiger partial charge in [-0.3, -0.25) is 14.3 Å². The number of hydrogen-bond acceptors (Lipinski definition) is 4. The van der Waals surface area contributed by atoms with Crippen LogP contribution in [0.3, 0.4) is 0 Å². The third-order valence-electron chi connectivity index (χ3n) is 4.84. The summed E-state index contributed by atoms with van der Waals surface area (Å²) in [7, 11) is 0. The van der Waals surface area contributed by atoms with Crippen LogP contribution < -0.4 is 0 Å². The molecule has 4 rings (SSSR count). The fraction of sp³-hybridized carbons (Fsp3) is 0.471. The molecule has 0 spiro atoms. The summed E-state index contributed by atoms with van der Waals surface area (Å²) in [4.78, 5) is 29.8. The Morgan fingerprint density at radius 1 is 1.04 bits per heavy atom. The third kappa shape index (κ3) is 3.25. The average Bonchev–Trinajstić information content (AvgIpc) is 3.27. The van der Waals surface area contributed by atoms with Crippen LogP contribution in [-0.4, -0.2) is 57.6 Å². The van der Waals surface area contributed by atoms with Gasteiger partial charge in [0.25, 0.3) is 11.8 Å². The molecule has 132 valence electrons. The minimum atomic E-state index is 0.0470. The highest BCUT2D eigenvalue weighted by Gasteiger charge is 2.29. The second kappa shape index (κ2) is 6.92. The van der Waals surface area contributed by atoms with Crippen LogP contribution in [0.4, 0.5) is 0 Å². The van der Waals surface area contributed by atoms with Crippen LogP contribution in [0.15, 0.2) is 22.1 Å². The van der Waals surface area contributed by atoms with Gasteiger partial charge in [-0.25, -0.2) is 0 Å². The van der Waals surface area contributed by atoms with E-state index >= 15 is 0 Å². The highest BCUT2D eigenvalue weighted by molar-refractivity contribution is 9.10. The number of fused-ring (bicyclic) bond motifs is 1. The van der Waals surface area contributed by atoms with E-state index in [-0.39, 0.29) is 11.8 Å². The van der Waals surface area contributed by atoms with Gasteiger partial charge in [0.1, 0.15) is 0 Å². The number of piperazine rings is 1. The highest BCUT2D eigenvalue weighted by atomic mass is 79.9. The lowest BCUT2D eigenvalue weighted by Crippen LogP contribution is -2.50. The molecule has 2 aliphatic rings. The predicted molar refractivity (Wildman–Crippen MR) is 99.0 cm³/mol. The van der Waals surface area contributed by atoms with Crippen LogP contribution in [0.1, 0.15) is 38.6 Å². The minimum Gasteiger partial charge on any atom is -0.335 e. The molecule has 0 atom stereocenters. The Hall–Kier alpha value is -1.67. The van der Waals surface area contributed by atoms with Gasteiger partial charge in [-0.05, 0) is 41.3 Å². The van der Waals surface area contributed by atoms with E-state index in [0.717, 1.165) is 46.4 Å². The largest absolute Gasteiger partial charge is 0.335 e. The summed E-state index contributed by atoms with van der Waals surface area (Å²) in [6.45, 7) is 3.19. The van der Waals surface area contributed by atoms with Crippen molar-refractivity contribution in [1.29, 1.82) is 0 Å². The number of halogens is 1. The molecule has 0 N–H and O–H groups in total. The Labute approximate surface area is 158 Å². The van der Waals surface area contributed by atoms with Crippen molar-refractivity contribution < 1.29 is 9.59 Å². The quantitative estimate of drug-likeness (QED) is 0.747. The van der Waals surface area contributed by atoms with Crippen molar-refractivity contribution in [2.45, 2.75) is 25.8 Å². The van der Waals surface area contributed by atoms with Crippen LogP contribution in [0.5, 0.6) is 0 Å². The zero-order chi connectivity index (χ0) is 17.4. The van der Waals surface area contributed by atoms with E-state index in [2.05, 4.69) is 21.0 Å². The Morgan fingerprint density at radius 2 is 1.76 bits per heavy atom. The zero-order valence-electron chi connectivity index (χ0n) is 13.8. The number of rotatable bonds is 2. The van der Waals surface area contributed by atoms with Crippen molar-refractivity contribution in [3.05, 3.63) is 38.3 Å². The third-order valence-corrected chi connectivity index (χ3v) is 6.52. The molecule has 2 aliphatic heterocycles. The number of aryl methyl sites for hydroxylation is 1.